The van der Waals surface area contributed by atoms with E-state index in [0.717, 1.165) is 11.2 Å². The zero-order valence-corrected chi connectivity index (χ0v) is 14.4. The molecule has 0 atom stereocenters. The van der Waals surface area contributed by atoms with E-state index in [9.17, 15) is 4.79 Å². The zero-order valence-electron chi connectivity index (χ0n) is 12.2. The van der Waals surface area contributed by atoms with Gasteiger partial charge in [-0.3, -0.25) is 4.79 Å². The maximum absolute atomic E-state index is 12.7. The van der Waals surface area contributed by atoms with Crippen LogP contribution in [0.25, 0.3) is 0 Å². The zero-order chi connectivity index (χ0) is 15.1. The molecule has 3 nitrogen and oxygen atoms in total. The molecule has 2 aromatic carbocycles. The molecule has 4 rings (SSSR count). The van der Waals surface area contributed by atoms with E-state index in [4.69, 9.17) is 4.74 Å². The number of ether oxygens (including phenoxy) is 1. The van der Waals surface area contributed by atoms with Gasteiger partial charge in [-0.25, -0.2) is 0 Å². The van der Waals surface area contributed by atoms with Crippen LogP contribution in [-0.2, 0) is 0 Å². The van der Waals surface area contributed by atoms with E-state index in [1.54, 1.807) is 11.8 Å². The number of thioether (sulfide) groups is 1. The van der Waals surface area contributed by atoms with Crippen LogP contribution in [0.5, 0.6) is 5.75 Å². The van der Waals surface area contributed by atoms with Gasteiger partial charge in [0.15, 0.2) is 0 Å². The van der Waals surface area contributed by atoms with Crippen molar-refractivity contribution in [3.63, 3.8) is 0 Å². The fourth-order valence-electron chi connectivity index (χ4n) is 2.81. The third-order valence-electron chi connectivity index (χ3n) is 3.80. The minimum absolute atomic E-state index is 0.00586. The van der Waals surface area contributed by atoms with Crippen LogP contribution < -0.4 is 9.64 Å². The van der Waals surface area contributed by atoms with E-state index in [2.05, 4.69) is 23.6 Å². The average molecular weight is 325 g/mol. The number of allylic oxidation sites excluding steroid dienone is 1. The quantitative estimate of drug-likeness (QED) is 0.626. The summed E-state index contributed by atoms with van der Waals surface area (Å²) in [5.41, 5.74) is 1.85. The topological polar surface area (TPSA) is 29.5 Å². The van der Waals surface area contributed by atoms with Crippen LogP contribution >= 0.6 is 11.8 Å². The predicted molar refractivity (Wildman–Crippen MR) is 92.5 cm³/mol. The summed E-state index contributed by atoms with van der Waals surface area (Å²) in [4.78, 5) is 16.1. The third-order valence-corrected chi connectivity index (χ3v) is 5.86. The highest BCUT2D eigenvalue weighted by molar-refractivity contribution is 8.03. The Morgan fingerprint density at radius 3 is 2.73 bits per heavy atom. The number of anilines is 1. The number of carbonyl (C=O) groups is 1. The van der Waals surface area contributed by atoms with E-state index in [0.29, 0.717) is 17.1 Å². The summed E-state index contributed by atoms with van der Waals surface area (Å²) in [6.45, 7) is 2.28. The lowest BCUT2D eigenvalue weighted by molar-refractivity contribution is 0.101. The van der Waals surface area contributed by atoms with Crippen LogP contribution in [0.1, 0.15) is 10.4 Å². The molecule has 0 radical (unpaired) electrons. The van der Waals surface area contributed by atoms with Gasteiger partial charge in [-0.05, 0) is 24.3 Å². The number of hydrogen-bond acceptors (Lipinski definition) is 4. The number of nitrogens with zero attached hydrogens (tertiary/aromatic N) is 1. The Morgan fingerprint density at radius 2 is 1.91 bits per heavy atom. The summed E-state index contributed by atoms with van der Waals surface area (Å²) in [5.74, 6) is 1.14. The van der Waals surface area contributed by atoms with Gasteiger partial charge in [0.05, 0.1) is 11.3 Å². The Balaban J connectivity index is 1.82. The normalized spacial score (nSPS) is 19.7. The largest absolute Gasteiger partial charge is 0.450 e. The van der Waals surface area contributed by atoms with Crippen molar-refractivity contribution in [3.05, 3.63) is 64.9 Å². The lowest BCUT2D eigenvalue weighted by Crippen LogP contribution is -2.25. The average Bonchev–Trinajstić information content (AvgIpc) is 3.07. The number of hydrogen-bond donors (Lipinski definition) is 0. The Labute approximate surface area is 135 Å². The molecule has 2 aliphatic rings. The van der Waals surface area contributed by atoms with E-state index < -0.39 is 0 Å². The van der Waals surface area contributed by atoms with E-state index in [1.807, 2.05) is 36.4 Å². The van der Waals surface area contributed by atoms with Crippen molar-refractivity contribution < 1.29 is 9.53 Å². The van der Waals surface area contributed by atoms with Gasteiger partial charge >= 0.3 is 0 Å². The minimum Gasteiger partial charge on any atom is -0.450 e. The summed E-state index contributed by atoms with van der Waals surface area (Å²) in [5, 5.41) is 0.941. The highest BCUT2D eigenvalue weighted by Gasteiger charge is 2.36. The first-order chi connectivity index (χ1) is 10.8. The molecule has 5 heteroatoms. The molecule has 0 saturated carbocycles. The monoisotopic (exact) mass is 325 g/mol. The predicted octanol–water partition coefficient (Wildman–Crippen LogP) is 3.22. The molecule has 0 bridgehead atoms. The van der Waals surface area contributed by atoms with E-state index in [1.165, 1.54) is 10.6 Å². The summed E-state index contributed by atoms with van der Waals surface area (Å²) < 4.78 is 5.89. The Kier molecular flexibility index (Phi) is 3.31. The summed E-state index contributed by atoms with van der Waals surface area (Å²) in [7, 11) is -0.185. The Hall–Kier alpha value is -1.98. The molecule has 2 aromatic rings. The number of para-hydroxylation sites is 2. The maximum atomic E-state index is 12.7. The SMILES string of the molecule is C[SiH2]CN1/C(=C2\Oc3ccccc3C2=O)Sc2ccccc21. The van der Waals surface area contributed by atoms with Crippen LogP contribution in [0.4, 0.5) is 5.69 Å². The second-order valence-electron chi connectivity index (χ2n) is 5.28. The maximum Gasteiger partial charge on any atom is 0.234 e. The highest BCUT2D eigenvalue weighted by Crippen LogP contribution is 2.48. The Bertz CT molecular complexity index is 803. The molecule has 22 heavy (non-hydrogen) atoms. The van der Waals surface area contributed by atoms with Gasteiger partial charge in [-0.15, -0.1) is 0 Å². The molecule has 0 fully saturated rings. The van der Waals surface area contributed by atoms with Crippen molar-refractivity contribution >= 4 is 32.8 Å². The van der Waals surface area contributed by atoms with E-state index >= 15 is 0 Å². The molecule has 0 aliphatic carbocycles. The standard InChI is InChI=1S/C17H15NO2SSi/c1-22-10-18-12-7-3-5-9-14(12)21-17(18)16-15(19)11-6-2-4-8-13(11)20-16/h2-9H,10,22H2,1H3/b17-16+. The molecule has 0 aromatic heterocycles. The molecule has 0 N–H and O–H groups in total. The second-order valence-corrected chi connectivity index (χ2v) is 7.76. The molecule has 2 heterocycles. The fourth-order valence-corrected chi connectivity index (χ4v) is 5.05. The molecular formula is C17H15NO2SSi. The van der Waals surface area contributed by atoms with Crippen LogP contribution in [0.2, 0.25) is 6.55 Å². The van der Waals surface area contributed by atoms with Gasteiger partial charge in [-0.1, -0.05) is 42.6 Å². The molecule has 0 spiro atoms. The van der Waals surface area contributed by atoms with Gasteiger partial charge in [-0.2, -0.15) is 0 Å². The van der Waals surface area contributed by atoms with E-state index in [-0.39, 0.29) is 15.3 Å². The van der Waals surface area contributed by atoms with Gasteiger partial charge in [0.2, 0.25) is 11.5 Å². The first kappa shape index (κ1) is 13.7. The molecule has 0 amide bonds. The number of carbonyl (C=O) groups excluding carboxylic acids is 1. The number of Topliss-reactive ketones (excluding diaryl/α,β-unsaturated/α-hetero) is 1. The number of ketones is 1. The van der Waals surface area contributed by atoms with Crippen molar-refractivity contribution in [2.45, 2.75) is 11.4 Å². The first-order valence-electron chi connectivity index (χ1n) is 7.40. The summed E-state index contributed by atoms with van der Waals surface area (Å²) in [6.07, 6.45) is 1.01. The molecule has 110 valence electrons. The van der Waals surface area contributed by atoms with Crippen LogP contribution in [0.15, 0.2) is 64.2 Å². The lowest BCUT2D eigenvalue weighted by atomic mass is 10.1. The van der Waals surface area contributed by atoms with Crippen molar-refractivity contribution in [3.8, 4) is 5.75 Å². The smallest absolute Gasteiger partial charge is 0.234 e. The summed E-state index contributed by atoms with van der Waals surface area (Å²) >= 11 is 1.64. The van der Waals surface area contributed by atoms with Crippen LogP contribution in [-0.4, -0.2) is 21.5 Å². The van der Waals surface area contributed by atoms with Crippen molar-refractivity contribution in [1.82, 2.24) is 0 Å². The minimum atomic E-state index is -0.185. The van der Waals surface area contributed by atoms with Crippen LogP contribution in [0.3, 0.4) is 0 Å². The Morgan fingerprint density at radius 1 is 1.14 bits per heavy atom. The van der Waals surface area contributed by atoms with Crippen molar-refractivity contribution in [2.24, 2.45) is 0 Å². The molecule has 2 aliphatic heterocycles. The summed E-state index contributed by atoms with van der Waals surface area (Å²) in [6, 6.07) is 15.8. The number of benzene rings is 2. The van der Waals surface area contributed by atoms with Gasteiger partial charge in [0.25, 0.3) is 0 Å². The number of rotatable bonds is 2. The molecule has 0 unspecified atom stereocenters. The lowest BCUT2D eigenvalue weighted by Gasteiger charge is -2.20. The van der Waals surface area contributed by atoms with Crippen molar-refractivity contribution in [1.29, 1.82) is 0 Å². The van der Waals surface area contributed by atoms with Gasteiger partial charge < -0.3 is 9.64 Å². The van der Waals surface area contributed by atoms with Gasteiger partial charge in [0.1, 0.15) is 10.8 Å². The number of fused-ring (bicyclic) bond motifs is 2. The van der Waals surface area contributed by atoms with Crippen LogP contribution in [0, 0.1) is 0 Å². The van der Waals surface area contributed by atoms with Crippen molar-refractivity contribution in [2.75, 3.05) is 11.1 Å². The molecule has 0 saturated heterocycles. The first-order valence-corrected chi connectivity index (χ1v) is 10.6. The molecular weight excluding hydrogens is 310 g/mol. The fraction of sp³-hybridized carbons (Fsp3) is 0.118. The second kappa shape index (κ2) is 5.33. The third kappa shape index (κ3) is 2.00. The highest BCUT2D eigenvalue weighted by atomic mass is 32.2. The van der Waals surface area contributed by atoms with Gasteiger partial charge in [0, 0.05) is 20.6 Å².